The third-order valence-electron chi connectivity index (χ3n) is 20.3. The van der Waals surface area contributed by atoms with E-state index in [1.54, 1.807) is 0 Å². The number of carbonyl (C=O) groups is 4. The number of hydrogen-bond acceptors (Lipinski definition) is 15. The van der Waals surface area contributed by atoms with E-state index in [2.05, 4.69) is 41.5 Å². The summed E-state index contributed by atoms with van der Waals surface area (Å²) in [5.41, 5.74) is 0. The fourth-order valence-electron chi connectivity index (χ4n) is 13.2. The van der Waals surface area contributed by atoms with E-state index >= 15 is 0 Å². The van der Waals surface area contributed by atoms with Gasteiger partial charge in [-0.25, -0.2) is 9.13 Å². The van der Waals surface area contributed by atoms with Crippen molar-refractivity contribution in [2.45, 2.75) is 471 Å². The molecule has 104 heavy (non-hydrogen) atoms. The molecule has 618 valence electrons. The highest BCUT2D eigenvalue weighted by molar-refractivity contribution is 7.47. The molecule has 0 saturated heterocycles. The Balaban J connectivity index is 5.26. The number of ether oxygens (including phenoxy) is 4. The summed E-state index contributed by atoms with van der Waals surface area (Å²) in [5, 5.41) is 10.7. The van der Waals surface area contributed by atoms with Gasteiger partial charge in [-0.1, -0.05) is 401 Å². The lowest BCUT2D eigenvalue weighted by atomic mass is 9.99. The first-order chi connectivity index (χ1) is 50.4. The summed E-state index contributed by atoms with van der Waals surface area (Å²) in [5.74, 6) is -0.492. The molecule has 0 radical (unpaired) electrons. The van der Waals surface area contributed by atoms with Crippen LogP contribution in [0.15, 0.2) is 0 Å². The molecule has 0 fully saturated rings. The maximum absolute atomic E-state index is 13.1. The molecule has 0 heterocycles. The van der Waals surface area contributed by atoms with E-state index < -0.39 is 97.5 Å². The van der Waals surface area contributed by atoms with Gasteiger partial charge in [0.1, 0.15) is 19.3 Å². The van der Waals surface area contributed by atoms with Crippen LogP contribution >= 0.6 is 15.6 Å². The van der Waals surface area contributed by atoms with Crippen molar-refractivity contribution in [1.29, 1.82) is 0 Å². The molecule has 0 saturated carbocycles. The highest BCUT2D eigenvalue weighted by Crippen LogP contribution is 2.45. The molecule has 0 aliphatic heterocycles. The zero-order valence-corrected chi connectivity index (χ0v) is 70.1. The molecule has 17 nitrogen and oxygen atoms in total. The molecule has 0 aromatic rings. The van der Waals surface area contributed by atoms with Crippen molar-refractivity contribution in [3.63, 3.8) is 0 Å². The van der Waals surface area contributed by atoms with Crippen molar-refractivity contribution in [3.8, 4) is 0 Å². The Morgan fingerprint density at radius 1 is 0.279 bits per heavy atom. The summed E-state index contributed by atoms with van der Waals surface area (Å²) in [7, 11) is -9.93. The van der Waals surface area contributed by atoms with Gasteiger partial charge in [0.05, 0.1) is 26.4 Å². The van der Waals surface area contributed by atoms with Crippen molar-refractivity contribution < 1.29 is 80.2 Å². The monoisotopic (exact) mass is 1520 g/mol. The first-order valence-electron chi connectivity index (χ1n) is 44.0. The Hall–Kier alpha value is -1.94. The predicted octanol–water partition coefficient (Wildman–Crippen LogP) is 25.8. The minimum atomic E-state index is -4.97. The van der Waals surface area contributed by atoms with Gasteiger partial charge in [-0.3, -0.25) is 37.3 Å². The fourth-order valence-corrected chi connectivity index (χ4v) is 14.8. The highest BCUT2D eigenvalue weighted by atomic mass is 31.2. The van der Waals surface area contributed by atoms with Crippen LogP contribution in [0.5, 0.6) is 0 Å². The van der Waals surface area contributed by atoms with E-state index in [0.717, 1.165) is 102 Å². The number of phosphoric acid groups is 2. The van der Waals surface area contributed by atoms with E-state index in [0.29, 0.717) is 25.7 Å². The maximum Gasteiger partial charge on any atom is 0.472 e. The molecule has 0 bridgehead atoms. The third-order valence-corrected chi connectivity index (χ3v) is 22.2. The average Bonchev–Trinajstić information content (AvgIpc) is 0.929. The van der Waals surface area contributed by atoms with Crippen molar-refractivity contribution in [2.75, 3.05) is 39.6 Å². The molecule has 0 spiro atoms. The molecule has 0 aromatic carbocycles. The number of carbonyl (C=O) groups excluding carboxylic acids is 4. The molecule has 3 unspecified atom stereocenters. The van der Waals surface area contributed by atoms with Crippen LogP contribution in [0.4, 0.5) is 0 Å². The van der Waals surface area contributed by atoms with Gasteiger partial charge in [-0.2, -0.15) is 0 Å². The summed E-state index contributed by atoms with van der Waals surface area (Å²) in [4.78, 5) is 73.2. The standard InChI is InChI=1S/C85H166O17P2/c1-7-10-12-14-16-18-20-22-24-25-26-27-28-34-38-46-52-58-64-70-85(90)101-80(73-95-82(87)67-61-55-49-43-36-33-30-29-31-35-42-48-54-60-66-78(6)9-3)75-99-103(91,92)97-71-79(86)72-98-104(93,94)100-76-81(74-96-83(88)68-62-56-50-44-40-39-41-47-53-59-65-77(4)5)102-84(89)69-63-57-51-45-37-32-23-21-19-17-15-13-11-8-2/h77-81,86H,7-76H2,1-6H3,(H,91,92)(H,93,94)/t78?,79-,80-,81-/m1/s1. The van der Waals surface area contributed by atoms with E-state index in [-0.39, 0.29) is 25.7 Å². The Kier molecular flexibility index (Phi) is 75.0. The zero-order chi connectivity index (χ0) is 76.4. The number of unbranched alkanes of at least 4 members (excludes halogenated alkanes) is 53. The van der Waals surface area contributed by atoms with Gasteiger partial charge in [0, 0.05) is 25.7 Å². The van der Waals surface area contributed by atoms with Crippen molar-refractivity contribution in [2.24, 2.45) is 11.8 Å². The lowest BCUT2D eigenvalue weighted by Crippen LogP contribution is -2.30. The van der Waals surface area contributed by atoms with Gasteiger partial charge in [-0.15, -0.1) is 0 Å². The van der Waals surface area contributed by atoms with Crippen molar-refractivity contribution >= 4 is 39.5 Å². The zero-order valence-electron chi connectivity index (χ0n) is 68.3. The van der Waals surface area contributed by atoms with Gasteiger partial charge in [0.15, 0.2) is 12.2 Å². The van der Waals surface area contributed by atoms with Crippen LogP contribution in [0.25, 0.3) is 0 Å². The van der Waals surface area contributed by atoms with Crippen LogP contribution in [-0.4, -0.2) is 96.7 Å². The summed E-state index contributed by atoms with van der Waals surface area (Å²) < 4.78 is 68.9. The summed E-state index contributed by atoms with van der Waals surface area (Å²) >= 11 is 0. The van der Waals surface area contributed by atoms with Gasteiger partial charge < -0.3 is 33.8 Å². The van der Waals surface area contributed by atoms with Crippen molar-refractivity contribution in [3.05, 3.63) is 0 Å². The van der Waals surface area contributed by atoms with Crippen LogP contribution in [0.2, 0.25) is 0 Å². The predicted molar refractivity (Wildman–Crippen MR) is 428 cm³/mol. The van der Waals surface area contributed by atoms with E-state index in [1.165, 1.54) is 270 Å². The molecular weight excluding hydrogens is 1350 g/mol. The summed E-state index contributed by atoms with van der Waals surface area (Å²) in [6.07, 6.45) is 67.8. The minimum Gasteiger partial charge on any atom is -0.462 e. The fraction of sp³-hybridized carbons (Fsp3) is 0.953. The molecule has 3 N–H and O–H groups in total. The summed E-state index contributed by atoms with van der Waals surface area (Å²) in [6.45, 7) is 9.72. The SMILES string of the molecule is CCCCCCCCCCCCCCCCCCCCCC(=O)O[C@H](COC(=O)CCCCCCCCCCCCCCCCC(C)CC)COP(=O)(O)OC[C@@H](O)COP(=O)(O)OC[C@@H](COC(=O)CCCCCCCCCCCCC(C)C)OC(=O)CCCCCCCCCCCCCCCC. The normalized spacial score (nSPS) is 14.1. The van der Waals surface area contributed by atoms with Gasteiger partial charge in [-0.05, 0) is 37.5 Å². The van der Waals surface area contributed by atoms with Crippen LogP contribution < -0.4 is 0 Å². The molecule has 19 heteroatoms. The topological polar surface area (TPSA) is 237 Å². The second kappa shape index (κ2) is 76.4. The smallest absolute Gasteiger partial charge is 0.462 e. The quantitative estimate of drug-likeness (QED) is 0.0222. The van der Waals surface area contributed by atoms with Crippen LogP contribution in [-0.2, 0) is 65.4 Å². The molecule has 0 aromatic heterocycles. The lowest BCUT2D eigenvalue weighted by Gasteiger charge is -2.21. The first kappa shape index (κ1) is 102. The van der Waals surface area contributed by atoms with E-state index in [9.17, 15) is 43.2 Å². The Labute approximate surface area is 638 Å². The average molecular weight is 1520 g/mol. The number of aliphatic hydroxyl groups is 1. The third kappa shape index (κ3) is 76.8. The molecule has 0 amide bonds. The first-order valence-corrected chi connectivity index (χ1v) is 47.0. The molecular formula is C85H166O17P2. The van der Waals surface area contributed by atoms with Gasteiger partial charge in [0.25, 0.3) is 0 Å². The second-order valence-corrected chi connectivity index (χ2v) is 34.2. The Morgan fingerprint density at radius 3 is 0.731 bits per heavy atom. The lowest BCUT2D eigenvalue weighted by molar-refractivity contribution is -0.161. The molecule has 0 aliphatic rings. The van der Waals surface area contributed by atoms with Crippen molar-refractivity contribution in [1.82, 2.24) is 0 Å². The second-order valence-electron chi connectivity index (χ2n) is 31.3. The Bertz CT molecular complexity index is 2000. The number of rotatable bonds is 84. The highest BCUT2D eigenvalue weighted by Gasteiger charge is 2.30. The molecule has 6 atom stereocenters. The summed E-state index contributed by atoms with van der Waals surface area (Å²) in [6, 6.07) is 0. The number of esters is 4. The molecule has 0 aliphatic carbocycles. The van der Waals surface area contributed by atoms with E-state index in [1.807, 2.05) is 0 Å². The number of phosphoric ester groups is 2. The molecule has 0 rings (SSSR count). The number of aliphatic hydroxyl groups excluding tert-OH is 1. The van der Waals surface area contributed by atoms with Gasteiger partial charge in [0.2, 0.25) is 0 Å². The Morgan fingerprint density at radius 2 is 0.490 bits per heavy atom. The maximum atomic E-state index is 13.1. The van der Waals surface area contributed by atoms with Gasteiger partial charge >= 0.3 is 39.5 Å². The minimum absolute atomic E-state index is 0.108. The largest absolute Gasteiger partial charge is 0.472 e. The van der Waals surface area contributed by atoms with Crippen LogP contribution in [0.1, 0.15) is 452 Å². The van der Waals surface area contributed by atoms with E-state index in [4.69, 9.17) is 37.0 Å². The van der Waals surface area contributed by atoms with Crippen LogP contribution in [0, 0.1) is 11.8 Å². The van der Waals surface area contributed by atoms with Crippen LogP contribution in [0.3, 0.4) is 0 Å². The number of hydrogen-bond donors (Lipinski definition) is 3.